The van der Waals surface area contributed by atoms with Gasteiger partial charge in [-0.15, -0.1) is 0 Å². The summed E-state index contributed by atoms with van der Waals surface area (Å²) in [7, 11) is 0. The highest BCUT2D eigenvalue weighted by Gasteiger charge is 2.70. The molecular weight excluding hydrogens is 484 g/mol. The molecule has 188 valence electrons. The van der Waals surface area contributed by atoms with Crippen LogP contribution < -0.4 is 10.6 Å². The van der Waals surface area contributed by atoms with Gasteiger partial charge in [-0.2, -0.15) is 18.3 Å². The number of anilines is 1. The second-order valence-electron chi connectivity index (χ2n) is 8.08. The predicted octanol–water partition coefficient (Wildman–Crippen LogP) is 4.91. The highest BCUT2D eigenvalue weighted by molar-refractivity contribution is 5.91. The highest BCUT2D eigenvalue weighted by Crippen LogP contribution is 2.61. The molecule has 0 radical (unpaired) electrons. The Morgan fingerprint density at radius 1 is 1.20 bits per heavy atom. The molecular formula is C21H19F6N5O3. The van der Waals surface area contributed by atoms with E-state index >= 15 is 0 Å². The monoisotopic (exact) mass is 503 g/mol. The fourth-order valence-electron chi connectivity index (χ4n) is 3.24. The van der Waals surface area contributed by atoms with Gasteiger partial charge in [-0.25, -0.2) is 27.7 Å². The van der Waals surface area contributed by atoms with E-state index in [1.807, 2.05) is 0 Å². The normalized spacial score (nSPS) is 19.3. The number of carboxylic acids is 1. The van der Waals surface area contributed by atoms with E-state index in [9.17, 15) is 31.1 Å². The van der Waals surface area contributed by atoms with E-state index in [0.717, 1.165) is 5.56 Å². The Hall–Kier alpha value is -3.84. The van der Waals surface area contributed by atoms with Crippen molar-refractivity contribution in [2.75, 3.05) is 5.32 Å². The molecule has 0 bridgehead atoms. The number of alkyl halides is 5. The third-order valence-electron chi connectivity index (χ3n) is 5.43. The Kier molecular flexibility index (Phi) is 6.68. The van der Waals surface area contributed by atoms with Gasteiger partial charge < -0.3 is 10.4 Å². The maximum absolute atomic E-state index is 13.6. The Morgan fingerprint density at radius 3 is 2.29 bits per heavy atom. The van der Waals surface area contributed by atoms with Gasteiger partial charge in [0.1, 0.15) is 11.6 Å². The van der Waals surface area contributed by atoms with Crippen molar-refractivity contribution < 1.29 is 41.0 Å². The van der Waals surface area contributed by atoms with Crippen molar-refractivity contribution in [2.24, 2.45) is 0 Å². The third kappa shape index (κ3) is 5.63. The summed E-state index contributed by atoms with van der Waals surface area (Å²) in [6.07, 6.45) is -3.91. The lowest BCUT2D eigenvalue weighted by molar-refractivity contribution is -0.192. The standard InChI is InChI=1S/C19H18F3N5O.C2HF3O2/c1-10(11-3-5-12(20)6-4-11)24-17(28)25-15-7-14-13(8-23-15)16(27-26-14)18(2)9-19(18,21)22;3-2(4,5)1(6)7/h3-8,10H,9H2,1-2H3,(H,26,27)(H2,23,24,25,28);(H,6,7). The summed E-state index contributed by atoms with van der Waals surface area (Å²) in [5.41, 5.74) is 0.248. The summed E-state index contributed by atoms with van der Waals surface area (Å²) in [6.45, 7) is 3.24. The zero-order valence-electron chi connectivity index (χ0n) is 18.2. The van der Waals surface area contributed by atoms with Crippen molar-refractivity contribution in [3.8, 4) is 0 Å². The number of nitrogens with zero attached hydrogens (tertiary/aromatic N) is 2. The van der Waals surface area contributed by atoms with Gasteiger partial charge in [0.15, 0.2) is 0 Å². The van der Waals surface area contributed by atoms with Gasteiger partial charge in [0.2, 0.25) is 0 Å². The number of rotatable bonds is 4. The summed E-state index contributed by atoms with van der Waals surface area (Å²) in [4.78, 5) is 25.2. The zero-order valence-corrected chi connectivity index (χ0v) is 18.2. The molecule has 0 spiro atoms. The number of carbonyl (C=O) groups is 2. The molecule has 4 N–H and O–H groups in total. The first-order valence-electron chi connectivity index (χ1n) is 9.99. The number of hydrogen-bond acceptors (Lipinski definition) is 4. The summed E-state index contributed by atoms with van der Waals surface area (Å²) < 4.78 is 72.0. The number of amides is 2. The Labute approximate surface area is 193 Å². The lowest BCUT2D eigenvalue weighted by Gasteiger charge is -2.15. The number of aliphatic carboxylic acids is 1. The quantitative estimate of drug-likeness (QED) is 0.377. The number of hydrogen-bond donors (Lipinski definition) is 4. The molecule has 0 aliphatic heterocycles. The number of carboxylic acid groups (broad SMARTS) is 1. The van der Waals surface area contributed by atoms with Crippen molar-refractivity contribution >= 4 is 28.7 Å². The third-order valence-corrected chi connectivity index (χ3v) is 5.43. The van der Waals surface area contributed by atoms with Crippen molar-refractivity contribution in [2.45, 2.75) is 43.8 Å². The van der Waals surface area contributed by atoms with Gasteiger partial charge in [0.25, 0.3) is 5.92 Å². The Bertz CT molecular complexity index is 1240. The van der Waals surface area contributed by atoms with Crippen LogP contribution in [0.4, 0.5) is 37.0 Å². The number of carbonyl (C=O) groups excluding carboxylic acids is 1. The lowest BCUT2D eigenvalue weighted by Crippen LogP contribution is -2.31. The van der Waals surface area contributed by atoms with Crippen molar-refractivity contribution in [1.29, 1.82) is 0 Å². The van der Waals surface area contributed by atoms with E-state index in [2.05, 4.69) is 25.8 Å². The predicted molar refractivity (Wildman–Crippen MR) is 111 cm³/mol. The van der Waals surface area contributed by atoms with Gasteiger partial charge >= 0.3 is 18.2 Å². The first-order chi connectivity index (χ1) is 16.1. The van der Waals surface area contributed by atoms with Crippen LogP contribution in [0.5, 0.6) is 0 Å². The SMILES string of the molecule is CC(NC(=O)Nc1cc2[nH]nc(C3(C)CC3(F)F)c2cn1)c1ccc(F)cc1.O=C(O)C(F)(F)F. The van der Waals surface area contributed by atoms with Crippen molar-refractivity contribution in [3.05, 3.63) is 53.6 Å². The number of aromatic amines is 1. The van der Waals surface area contributed by atoms with Crippen LogP contribution in [-0.4, -0.2) is 44.4 Å². The number of fused-ring (bicyclic) bond motifs is 1. The molecule has 0 saturated heterocycles. The minimum atomic E-state index is -5.08. The van der Waals surface area contributed by atoms with Crippen LogP contribution in [0.2, 0.25) is 0 Å². The molecule has 1 saturated carbocycles. The van der Waals surface area contributed by atoms with E-state index in [0.29, 0.717) is 10.9 Å². The fraction of sp³-hybridized carbons (Fsp3) is 0.333. The number of nitrogens with one attached hydrogen (secondary N) is 3. The van der Waals surface area contributed by atoms with E-state index in [4.69, 9.17) is 9.90 Å². The van der Waals surface area contributed by atoms with Crippen LogP contribution in [0.15, 0.2) is 36.5 Å². The van der Waals surface area contributed by atoms with Gasteiger partial charge in [-0.3, -0.25) is 10.4 Å². The Balaban J connectivity index is 0.000000429. The minimum absolute atomic E-state index is 0.246. The fourth-order valence-corrected chi connectivity index (χ4v) is 3.24. The van der Waals surface area contributed by atoms with Crippen LogP contribution in [0.25, 0.3) is 10.9 Å². The molecule has 1 aliphatic rings. The van der Waals surface area contributed by atoms with Crippen LogP contribution in [-0.2, 0) is 10.2 Å². The molecule has 2 aromatic heterocycles. The molecule has 2 unspecified atom stereocenters. The van der Waals surface area contributed by atoms with Crippen LogP contribution in [0.1, 0.15) is 37.6 Å². The largest absolute Gasteiger partial charge is 0.490 e. The van der Waals surface area contributed by atoms with Gasteiger partial charge in [0.05, 0.1) is 22.7 Å². The van der Waals surface area contributed by atoms with Crippen LogP contribution >= 0.6 is 0 Å². The average Bonchev–Trinajstić information content (AvgIpc) is 3.07. The van der Waals surface area contributed by atoms with E-state index in [-0.39, 0.29) is 29.8 Å². The van der Waals surface area contributed by atoms with Gasteiger partial charge in [-0.05, 0) is 31.5 Å². The van der Waals surface area contributed by atoms with E-state index < -0.39 is 29.5 Å². The second kappa shape index (κ2) is 9.07. The minimum Gasteiger partial charge on any atom is -0.475 e. The molecule has 1 aromatic carbocycles. The second-order valence-corrected chi connectivity index (χ2v) is 8.08. The van der Waals surface area contributed by atoms with Gasteiger partial charge in [-0.1, -0.05) is 12.1 Å². The smallest absolute Gasteiger partial charge is 0.475 e. The maximum Gasteiger partial charge on any atom is 0.490 e. The number of pyridine rings is 1. The number of halogens is 6. The Morgan fingerprint density at radius 2 is 1.77 bits per heavy atom. The summed E-state index contributed by atoms with van der Waals surface area (Å²) >= 11 is 0. The number of urea groups is 1. The van der Waals surface area contributed by atoms with E-state index in [1.165, 1.54) is 31.3 Å². The molecule has 8 nitrogen and oxygen atoms in total. The molecule has 1 aliphatic carbocycles. The van der Waals surface area contributed by atoms with Gasteiger partial charge in [0, 0.05) is 24.1 Å². The molecule has 35 heavy (non-hydrogen) atoms. The molecule has 14 heteroatoms. The number of aromatic nitrogens is 3. The van der Waals surface area contributed by atoms with Crippen molar-refractivity contribution in [1.82, 2.24) is 20.5 Å². The molecule has 4 rings (SSSR count). The first kappa shape index (κ1) is 25.8. The molecule has 2 amide bonds. The topological polar surface area (TPSA) is 120 Å². The van der Waals surface area contributed by atoms with E-state index in [1.54, 1.807) is 19.1 Å². The first-order valence-corrected chi connectivity index (χ1v) is 9.99. The summed E-state index contributed by atoms with van der Waals surface area (Å²) in [5.74, 6) is -5.64. The molecule has 1 fully saturated rings. The summed E-state index contributed by atoms with van der Waals surface area (Å²) in [6, 6.07) is 6.51. The summed E-state index contributed by atoms with van der Waals surface area (Å²) in [5, 5.41) is 19.7. The maximum atomic E-state index is 13.6. The van der Waals surface area contributed by atoms with Crippen LogP contribution in [0.3, 0.4) is 0 Å². The zero-order chi connectivity index (χ0) is 26.2. The lowest BCUT2D eigenvalue weighted by atomic mass is 10.0. The number of H-pyrrole nitrogens is 1. The number of benzene rings is 1. The molecule has 2 heterocycles. The van der Waals surface area contributed by atoms with Crippen molar-refractivity contribution in [3.63, 3.8) is 0 Å². The highest BCUT2D eigenvalue weighted by atomic mass is 19.4. The van der Waals surface area contributed by atoms with Crippen LogP contribution in [0, 0.1) is 5.82 Å². The molecule has 2 atom stereocenters. The molecule has 3 aromatic rings. The average molecular weight is 503 g/mol.